The van der Waals surface area contributed by atoms with Crippen molar-refractivity contribution in [2.75, 3.05) is 84.1 Å². The molecule has 1 heterocycles. The highest BCUT2D eigenvalue weighted by Crippen LogP contribution is 2.44. The quantitative estimate of drug-likeness (QED) is 0.0409. The number of ether oxygens (including phenoxy) is 5. The van der Waals surface area contributed by atoms with Gasteiger partial charge in [0.2, 0.25) is 17.7 Å². The lowest BCUT2D eigenvalue weighted by Gasteiger charge is -2.26. The van der Waals surface area contributed by atoms with Crippen LogP contribution in [0.3, 0.4) is 0 Å². The average Bonchev–Trinajstić information content (AvgIpc) is 3.62. The summed E-state index contributed by atoms with van der Waals surface area (Å²) in [6, 6.07) is 31.8. The molecule has 63 heavy (non-hydrogen) atoms. The molecule has 0 atom stereocenters. The predicted molar refractivity (Wildman–Crippen MR) is 237 cm³/mol. The maximum absolute atomic E-state index is 13.4. The first-order valence-electron chi connectivity index (χ1n) is 21.5. The fraction of sp³-hybridized carbons (Fsp3) is 0.388. The van der Waals surface area contributed by atoms with Crippen molar-refractivity contribution in [3.8, 4) is 23.0 Å². The topological polar surface area (TPSA) is 163 Å². The van der Waals surface area contributed by atoms with Crippen molar-refractivity contribution in [1.29, 1.82) is 0 Å². The summed E-state index contributed by atoms with van der Waals surface area (Å²) in [5, 5.41) is 5.57. The standard InChI is InChI=1S/C49H56N4O10/c54-46(50-24-11-1-2-20-48(56)53-34-39-14-4-3-12-37(39)21-22-38-13-5-10-19-45(38)53)23-26-58-28-30-60-32-33-61-31-29-59-27-25-51-47(55)36-63-52-49(57)62-35-44-42-17-8-6-15-40(42)41-16-7-9-18-43(41)44/h3-10,12-19,44H,1-2,11,20,23-36H2,(H,50,54)(H,51,55)(H,52,57). The third-order valence-corrected chi connectivity index (χ3v) is 10.4. The summed E-state index contributed by atoms with van der Waals surface area (Å²) < 4.78 is 27.4. The number of nitrogens with one attached hydrogen (secondary N) is 3. The largest absolute Gasteiger partial charge is 0.447 e. The van der Waals surface area contributed by atoms with E-state index in [2.05, 4.69) is 40.1 Å². The van der Waals surface area contributed by atoms with Gasteiger partial charge in [-0.15, -0.1) is 0 Å². The van der Waals surface area contributed by atoms with Crippen LogP contribution < -0.4 is 21.0 Å². The van der Waals surface area contributed by atoms with Crippen LogP contribution in [0.1, 0.15) is 65.8 Å². The Hall–Kier alpha value is -6.08. The normalized spacial score (nSPS) is 12.3. The summed E-state index contributed by atoms with van der Waals surface area (Å²) >= 11 is 0. The van der Waals surface area contributed by atoms with E-state index in [1.54, 1.807) is 0 Å². The van der Waals surface area contributed by atoms with Crippen LogP contribution in [-0.2, 0) is 49.5 Å². The zero-order chi connectivity index (χ0) is 43.9. The molecule has 6 rings (SSSR count). The number of anilines is 1. The van der Waals surface area contributed by atoms with E-state index in [0.29, 0.717) is 65.8 Å². The molecule has 14 heteroatoms. The molecule has 1 aliphatic heterocycles. The van der Waals surface area contributed by atoms with Crippen LogP contribution >= 0.6 is 0 Å². The molecule has 3 N–H and O–H groups in total. The minimum absolute atomic E-state index is 0.0652. The lowest BCUT2D eigenvalue weighted by molar-refractivity contribution is -0.128. The summed E-state index contributed by atoms with van der Waals surface area (Å²) in [7, 11) is 0. The minimum atomic E-state index is -0.773. The van der Waals surface area contributed by atoms with Gasteiger partial charge >= 0.3 is 6.09 Å². The molecule has 0 radical (unpaired) electrons. The number of amides is 4. The number of rotatable bonds is 26. The molecule has 0 aromatic heterocycles. The maximum Gasteiger partial charge on any atom is 0.431 e. The highest BCUT2D eigenvalue weighted by molar-refractivity contribution is 5.95. The molecule has 0 fully saturated rings. The van der Waals surface area contributed by atoms with E-state index in [4.69, 9.17) is 28.5 Å². The maximum atomic E-state index is 13.4. The number of hydroxylamine groups is 1. The molecule has 4 aromatic carbocycles. The molecular weight excluding hydrogens is 805 g/mol. The molecule has 1 aliphatic carbocycles. The molecule has 4 aromatic rings. The summed E-state index contributed by atoms with van der Waals surface area (Å²) in [6.45, 7) is 3.91. The van der Waals surface area contributed by atoms with E-state index in [1.807, 2.05) is 89.8 Å². The first-order chi connectivity index (χ1) is 31.0. The molecule has 0 unspecified atom stereocenters. The smallest absolute Gasteiger partial charge is 0.431 e. The SMILES string of the molecule is O=C(CCOCCOCCOCCOCCNC(=O)CONC(=O)OCC1c2ccccc2-c2ccccc21)NCCCCCC(=O)N1Cc2ccccc2C#Cc2ccccc21. The molecular formula is C49H56N4O10. The van der Waals surface area contributed by atoms with Gasteiger partial charge in [0.25, 0.3) is 0 Å². The molecule has 2 aliphatic rings. The number of carbonyl (C=O) groups is 4. The van der Waals surface area contributed by atoms with Crippen molar-refractivity contribution < 1.29 is 47.7 Å². The summed E-state index contributed by atoms with van der Waals surface area (Å²) in [5.41, 5.74) is 10.3. The van der Waals surface area contributed by atoms with Gasteiger partial charge in [0.05, 0.1) is 65.1 Å². The Balaban J connectivity index is 0.677. The third-order valence-electron chi connectivity index (χ3n) is 10.4. The van der Waals surface area contributed by atoms with Crippen molar-refractivity contribution in [3.63, 3.8) is 0 Å². The van der Waals surface area contributed by atoms with Gasteiger partial charge in [-0.3, -0.25) is 19.2 Å². The van der Waals surface area contributed by atoms with Crippen LogP contribution in [0.2, 0.25) is 0 Å². The second kappa shape index (κ2) is 25.8. The van der Waals surface area contributed by atoms with Gasteiger partial charge in [0.1, 0.15) is 6.61 Å². The fourth-order valence-electron chi connectivity index (χ4n) is 7.27. The lowest BCUT2D eigenvalue weighted by atomic mass is 9.98. The van der Waals surface area contributed by atoms with Gasteiger partial charge in [-0.1, -0.05) is 97.1 Å². The van der Waals surface area contributed by atoms with Gasteiger partial charge in [0.15, 0.2) is 6.61 Å². The number of hydrogen-bond acceptors (Lipinski definition) is 10. The van der Waals surface area contributed by atoms with Gasteiger partial charge in [-0.05, 0) is 58.9 Å². The number of para-hydroxylation sites is 1. The van der Waals surface area contributed by atoms with Crippen LogP contribution in [0.15, 0.2) is 97.1 Å². The molecule has 4 amide bonds. The van der Waals surface area contributed by atoms with Crippen LogP contribution in [0.25, 0.3) is 11.1 Å². The van der Waals surface area contributed by atoms with Gasteiger partial charge in [-0.25, -0.2) is 4.79 Å². The average molecular weight is 861 g/mol. The molecule has 0 spiro atoms. The monoisotopic (exact) mass is 860 g/mol. The Labute approximate surface area is 368 Å². The Morgan fingerprint density at radius 3 is 1.90 bits per heavy atom. The Kier molecular flexibility index (Phi) is 19.0. The first kappa shape index (κ1) is 46.4. The molecule has 332 valence electrons. The number of fused-ring (bicyclic) bond motifs is 5. The number of benzene rings is 4. The number of hydrogen-bond donors (Lipinski definition) is 3. The van der Waals surface area contributed by atoms with Crippen molar-refractivity contribution >= 4 is 29.5 Å². The zero-order valence-electron chi connectivity index (χ0n) is 35.6. The Morgan fingerprint density at radius 2 is 1.17 bits per heavy atom. The van der Waals surface area contributed by atoms with Crippen molar-refractivity contribution in [1.82, 2.24) is 16.1 Å². The van der Waals surface area contributed by atoms with Crippen LogP contribution in [-0.4, -0.2) is 103 Å². The highest BCUT2D eigenvalue weighted by Gasteiger charge is 2.29. The summed E-state index contributed by atoms with van der Waals surface area (Å²) in [5.74, 6) is 5.98. The van der Waals surface area contributed by atoms with Crippen molar-refractivity contribution in [2.45, 2.75) is 44.6 Å². The van der Waals surface area contributed by atoms with E-state index in [0.717, 1.165) is 63.9 Å². The summed E-state index contributed by atoms with van der Waals surface area (Å²) in [6.07, 6.45) is 2.26. The van der Waals surface area contributed by atoms with E-state index in [1.165, 1.54) is 0 Å². The minimum Gasteiger partial charge on any atom is -0.447 e. The first-order valence-corrected chi connectivity index (χ1v) is 21.5. The van der Waals surface area contributed by atoms with E-state index < -0.39 is 12.0 Å². The van der Waals surface area contributed by atoms with Crippen LogP contribution in [0.5, 0.6) is 0 Å². The predicted octanol–water partition coefficient (Wildman–Crippen LogP) is 5.65. The number of nitrogens with zero attached hydrogens (tertiary/aromatic N) is 1. The molecule has 0 saturated carbocycles. The number of carbonyl (C=O) groups excluding carboxylic acids is 4. The second-order valence-electron chi connectivity index (χ2n) is 14.8. The van der Waals surface area contributed by atoms with Crippen molar-refractivity contribution in [3.05, 3.63) is 125 Å². The lowest BCUT2D eigenvalue weighted by Crippen LogP contribution is -2.35. The van der Waals surface area contributed by atoms with Gasteiger partial charge in [-0.2, -0.15) is 5.48 Å². The second-order valence-corrected chi connectivity index (χ2v) is 14.8. The van der Waals surface area contributed by atoms with Crippen LogP contribution in [0, 0.1) is 11.8 Å². The highest BCUT2D eigenvalue weighted by atomic mass is 16.7. The van der Waals surface area contributed by atoms with Gasteiger partial charge < -0.3 is 39.2 Å². The van der Waals surface area contributed by atoms with E-state index in [9.17, 15) is 19.2 Å². The Morgan fingerprint density at radius 1 is 0.587 bits per heavy atom. The van der Waals surface area contributed by atoms with Crippen LogP contribution in [0.4, 0.5) is 10.5 Å². The van der Waals surface area contributed by atoms with Gasteiger partial charge in [0, 0.05) is 43.0 Å². The third kappa shape index (κ3) is 14.8. The molecule has 0 bridgehead atoms. The Bertz CT molecular complexity index is 2140. The van der Waals surface area contributed by atoms with Crippen molar-refractivity contribution in [2.24, 2.45) is 0 Å². The van der Waals surface area contributed by atoms with E-state index >= 15 is 0 Å². The molecule has 0 saturated heterocycles. The fourth-order valence-corrected chi connectivity index (χ4v) is 7.27. The number of unbranched alkanes of at least 4 members (excludes halogenated alkanes) is 2. The summed E-state index contributed by atoms with van der Waals surface area (Å²) in [4.78, 5) is 56.6. The molecule has 14 nitrogen and oxygen atoms in total. The zero-order valence-corrected chi connectivity index (χ0v) is 35.6. The van der Waals surface area contributed by atoms with E-state index in [-0.39, 0.29) is 50.5 Å².